The van der Waals surface area contributed by atoms with Crippen LogP contribution >= 0.6 is 0 Å². The fraction of sp³-hybridized carbons (Fsp3) is 0.286. The number of rotatable bonds is 4. The molecular weight excluding hydrogens is 273 g/mol. The van der Waals surface area contributed by atoms with Crippen molar-refractivity contribution in [3.05, 3.63) is 53.5 Å². The summed E-state index contributed by atoms with van der Waals surface area (Å²) in [5.41, 5.74) is 0.478. The number of ether oxygens (including phenoxy) is 1. The van der Waals surface area contributed by atoms with Crippen molar-refractivity contribution in [1.82, 2.24) is 0 Å². The van der Waals surface area contributed by atoms with Gasteiger partial charge in [-0.05, 0) is 12.1 Å². The predicted octanol–water partition coefficient (Wildman–Crippen LogP) is 3.82. The van der Waals surface area contributed by atoms with Crippen molar-refractivity contribution in [3.63, 3.8) is 0 Å². The third kappa shape index (κ3) is 3.14. The average Bonchev–Trinajstić information content (AvgIpc) is 2.85. The zero-order valence-electron chi connectivity index (χ0n) is 10.6. The van der Waals surface area contributed by atoms with E-state index in [0.717, 1.165) is 6.07 Å². The molecule has 1 unspecified atom stereocenters. The zero-order chi connectivity index (χ0) is 14.8. The zero-order valence-corrected chi connectivity index (χ0v) is 10.6. The Morgan fingerprint density at radius 3 is 2.55 bits per heavy atom. The summed E-state index contributed by atoms with van der Waals surface area (Å²) in [6.45, 7) is 1.83. The Morgan fingerprint density at radius 1 is 1.20 bits per heavy atom. The van der Waals surface area contributed by atoms with Crippen LogP contribution in [-0.4, -0.2) is 11.5 Å². The monoisotopic (exact) mass is 286 g/mol. The summed E-state index contributed by atoms with van der Waals surface area (Å²) in [5.74, 6) is 0.107. The average molecular weight is 286 g/mol. The number of aliphatic hydroxyl groups excluding tert-OH is 1. The number of alkyl halides is 3. The molecule has 6 heteroatoms. The first-order valence-corrected chi connectivity index (χ1v) is 6.01. The van der Waals surface area contributed by atoms with Gasteiger partial charge in [0, 0.05) is 17.5 Å². The second-order valence-corrected chi connectivity index (χ2v) is 4.14. The predicted molar refractivity (Wildman–Crippen MR) is 65.3 cm³/mol. The first kappa shape index (κ1) is 14.5. The molecule has 0 aliphatic rings. The minimum atomic E-state index is -4.81. The van der Waals surface area contributed by atoms with Crippen LogP contribution in [0.1, 0.15) is 29.9 Å². The van der Waals surface area contributed by atoms with Crippen LogP contribution in [0.15, 0.2) is 41.0 Å². The number of hydrogen-bond donors (Lipinski definition) is 1. The second-order valence-electron chi connectivity index (χ2n) is 4.14. The molecule has 1 atom stereocenters. The molecule has 0 amide bonds. The smallest absolute Gasteiger partial charge is 0.469 e. The van der Waals surface area contributed by atoms with E-state index in [0.29, 0.717) is 17.7 Å². The molecule has 3 nitrogen and oxygen atoms in total. The maximum atomic E-state index is 12.4. The standard InChI is InChI=1S/C14H13F3O3/c1-2-11-10(7-8-19-11)13(18)9-5-3-4-6-12(9)20-14(15,16)17/h3-8,13,18H,2H2,1H3. The Hall–Kier alpha value is -1.95. The highest BCUT2D eigenvalue weighted by Gasteiger charge is 2.33. The van der Waals surface area contributed by atoms with Gasteiger partial charge in [-0.15, -0.1) is 13.2 Å². The SMILES string of the molecule is CCc1occc1C(O)c1ccccc1OC(F)(F)F. The van der Waals surface area contributed by atoms with E-state index in [4.69, 9.17) is 4.42 Å². The third-order valence-corrected chi connectivity index (χ3v) is 2.83. The lowest BCUT2D eigenvalue weighted by Gasteiger charge is -2.17. The maximum Gasteiger partial charge on any atom is 0.573 e. The number of aryl methyl sites for hydroxylation is 1. The van der Waals surface area contributed by atoms with Gasteiger partial charge in [0.2, 0.25) is 0 Å². The summed E-state index contributed by atoms with van der Waals surface area (Å²) in [7, 11) is 0. The summed E-state index contributed by atoms with van der Waals surface area (Å²) in [6, 6.07) is 7.03. The van der Waals surface area contributed by atoms with Crippen molar-refractivity contribution >= 4 is 0 Å². The molecule has 20 heavy (non-hydrogen) atoms. The summed E-state index contributed by atoms with van der Waals surface area (Å²) >= 11 is 0. The fourth-order valence-corrected chi connectivity index (χ4v) is 1.97. The van der Waals surface area contributed by atoms with Gasteiger partial charge < -0.3 is 14.3 Å². The normalized spacial score (nSPS) is 13.2. The minimum absolute atomic E-state index is 0.0425. The summed E-state index contributed by atoms with van der Waals surface area (Å²) < 4.78 is 46.2. The molecule has 0 aliphatic heterocycles. The quantitative estimate of drug-likeness (QED) is 0.929. The van der Waals surface area contributed by atoms with Crippen molar-refractivity contribution in [1.29, 1.82) is 0 Å². The largest absolute Gasteiger partial charge is 0.573 e. The van der Waals surface area contributed by atoms with Crippen molar-refractivity contribution in [3.8, 4) is 5.75 Å². The summed E-state index contributed by atoms with van der Waals surface area (Å²) in [4.78, 5) is 0. The highest BCUT2D eigenvalue weighted by Crippen LogP contribution is 2.34. The van der Waals surface area contributed by atoms with Gasteiger partial charge in [-0.25, -0.2) is 0 Å². The van der Waals surface area contributed by atoms with Gasteiger partial charge in [0.25, 0.3) is 0 Å². The molecule has 1 aromatic heterocycles. The number of furan rings is 1. The van der Waals surface area contributed by atoms with Crippen LogP contribution in [-0.2, 0) is 6.42 Å². The van der Waals surface area contributed by atoms with E-state index in [1.807, 2.05) is 6.92 Å². The van der Waals surface area contributed by atoms with Crippen LogP contribution < -0.4 is 4.74 Å². The Labute approximate surface area is 113 Å². The molecule has 1 aromatic carbocycles. The van der Waals surface area contributed by atoms with Gasteiger partial charge in [0.1, 0.15) is 17.6 Å². The number of halogens is 3. The van der Waals surface area contributed by atoms with Crippen LogP contribution in [0.5, 0.6) is 5.75 Å². The van der Waals surface area contributed by atoms with E-state index in [2.05, 4.69) is 4.74 Å². The van der Waals surface area contributed by atoms with Gasteiger partial charge in [0.15, 0.2) is 0 Å². The van der Waals surface area contributed by atoms with Crippen LogP contribution in [0.25, 0.3) is 0 Å². The Morgan fingerprint density at radius 2 is 1.90 bits per heavy atom. The van der Waals surface area contributed by atoms with Gasteiger partial charge in [-0.2, -0.15) is 0 Å². The minimum Gasteiger partial charge on any atom is -0.469 e. The first-order chi connectivity index (χ1) is 9.42. The van der Waals surface area contributed by atoms with Gasteiger partial charge in [-0.1, -0.05) is 25.1 Å². The highest BCUT2D eigenvalue weighted by molar-refractivity contribution is 5.41. The molecule has 0 spiro atoms. The topological polar surface area (TPSA) is 42.6 Å². The van der Waals surface area contributed by atoms with Crippen LogP contribution in [0, 0.1) is 0 Å². The fourth-order valence-electron chi connectivity index (χ4n) is 1.97. The Bertz CT molecular complexity index is 575. The second kappa shape index (κ2) is 5.58. The van der Waals surface area contributed by atoms with Crippen molar-refractivity contribution in [2.45, 2.75) is 25.8 Å². The van der Waals surface area contributed by atoms with Crippen molar-refractivity contribution in [2.24, 2.45) is 0 Å². The van der Waals surface area contributed by atoms with E-state index in [1.165, 1.54) is 30.5 Å². The molecular formula is C14H13F3O3. The van der Waals surface area contributed by atoms with Gasteiger partial charge >= 0.3 is 6.36 Å². The third-order valence-electron chi connectivity index (χ3n) is 2.83. The van der Waals surface area contributed by atoms with Crippen LogP contribution in [0.2, 0.25) is 0 Å². The molecule has 0 bridgehead atoms. The Kier molecular flexibility index (Phi) is 4.04. The van der Waals surface area contributed by atoms with Crippen LogP contribution in [0.3, 0.4) is 0 Å². The number of benzene rings is 1. The molecule has 0 fully saturated rings. The molecule has 0 aliphatic carbocycles. The van der Waals surface area contributed by atoms with Crippen molar-refractivity contribution in [2.75, 3.05) is 0 Å². The van der Waals surface area contributed by atoms with E-state index >= 15 is 0 Å². The van der Waals surface area contributed by atoms with Crippen LogP contribution in [0.4, 0.5) is 13.2 Å². The molecule has 1 heterocycles. The van der Waals surface area contributed by atoms with Crippen molar-refractivity contribution < 1.29 is 27.4 Å². The molecule has 0 saturated heterocycles. The first-order valence-electron chi connectivity index (χ1n) is 6.01. The molecule has 108 valence electrons. The number of para-hydroxylation sites is 1. The lowest BCUT2D eigenvalue weighted by atomic mass is 10.0. The van der Waals surface area contributed by atoms with E-state index < -0.39 is 18.2 Å². The summed E-state index contributed by atoms with van der Waals surface area (Å²) in [6.07, 6.45) is -4.12. The number of hydrogen-bond acceptors (Lipinski definition) is 3. The lowest BCUT2D eigenvalue weighted by molar-refractivity contribution is -0.275. The molecule has 2 aromatic rings. The molecule has 0 saturated carbocycles. The maximum absolute atomic E-state index is 12.4. The highest BCUT2D eigenvalue weighted by atomic mass is 19.4. The van der Waals surface area contributed by atoms with E-state index in [9.17, 15) is 18.3 Å². The number of aliphatic hydroxyl groups is 1. The Balaban J connectivity index is 2.37. The molecule has 0 radical (unpaired) electrons. The van der Waals surface area contributed by atoms with Gasteiger partial charge in [-0.3, -0.25) is 0 Å². The lowest BCUT2D eigenvalue weighted by Crippen LogP contribution is -2.19. The summed E-state index contributed by atoms with van der Waals surface area (Å²) in [5, 5.41) is 10.3. The van der Waals surface area contributed by atoms with Gasteiger partial charge in [0.05, 0.1) is 6.26 Å². The van der Waals surface area contributed by atoms with E-state index in [1.54, 1.807) is 0 Å². The molecule has 2 rings (SSSR count). The molecule has 1 N–H and O–H groups in total. The van der Waals surface area contributed by atoms with E-state index in [-0.39, 0.29) is 5.56 Å².